The molecule has 3 aliphatic rings. The van der Waals surface area contributed by atoms with Gasteiger partial charge in [0.2, 0.25) is 0 Å². The van der Waals surface area contributed by atoms with Crippen LogP contribution in [0.5, 0.6) is 0 Å². The first-order valence-electron chi connectivity index (χ1n) is 8.35. The normalized spacial score (nSPS) is 33.2. The van der Waals surface area contributed by atoms with E-state index in [-0.39, 0.29) is 23.4 Å². The molecule has 5 nitrogen and oxygen atoms in total. The Kier molecular flexibility index (Phi) is 3.60. The molecule has 130 valence electrons. The van der Waals surface area contributed by atoms with Crippen LogP contribution in [-0.2, 0) is 15.6 Å². The maximum atomic E-state index is 14.0. The molecule has 2 bridgehead atoms. The van der Waals surface area contributed by atoms with Crippen LogP contribution in [0.3, 0.4) is 0 Å². The molecule has 5 atom stereocenters. The maximum Gasteiger partial charge on any atom is 0.319 e. The summed E-state index contributed by atoms with van der Waals surface area (Å²) >= 11 is 0. The minimum atomic E-state index is -3.30. The summed E-state index contributed by atoms with van der Waals surface area (Å²) in [7, 11) is -3.30. The molecule has 24 heavy (non-hydrogen) atoms. The summed E-state index contributed by atoms with van der Waals surface area (Å²) in [5, 5.41) is 5.65. The standard InChI is InChI=1S/C17H21FN2O3S/c1-24(22,23)8-11-4-5-12(7-13(11)18)19-17(21)20-16-14-9-2-3-10(6-9)15(14)16/h4-5,7,9-10,14-16H,2-3,6,8H2,1H3,(H2,19,20,21)/t9-,10-,14-,15+,16?/m0/s1. The Morgan fingerprint density at radius 1 is 1.25 bits per heavy atom. The number of urea groups is 1. The van der Waals surface area contributed by atoms with Crippen LogP contribution < -0.4 is 10.6 Å². The summed E-state index contributed by atoms with van der Waals surface area (Å²) in [6.45, 7) is 0. The van der Waals surface area contributed by atoms with Gasteiger partial charge >= 0.3 is 6.03 Å². The van der Waals surface area contributed by atoms with Crippen molar-refractivity contribution < 1.29 is 17.6 Å². The zero-order valence-corrected chi connectivity index (χ0v) is 14.3. The van der Waals surface area contributed by atoms with Crippen molar-refractivity contribution in [3.8, 4) is 0 Å². The Morgan fingerprint density at radius 3 is 2.50 bits per heavy atom. The van der Waals surface area contributed by atoms with Crippen molar-refractivity contribution >= 4 is 21.6 Å². The average molecular weight is 352 g/mol. The second-order valence-corrected chi connectivity index (χ2v) is 9.63. The van der Waals surface area contributed by atoms with Crippen molar-refractivity contribution in [3.05, 3.63) is 29.6 Å². The van der Waals surface area contributed by atoms with Crippen molar-refractivity contribution in [2.75, 3.05) is 11.6 Å². The molecule has 1 aromatic carbocycles. The second kappa shape index (κ2) is 5.44. The van der Waals surface area contributed by atoms with Crippen molar-refractivity contribution in [1.29, 1.82) is 0 Å². The van der Waals surface area contributed by atoms with Gasteiger partial charge in [-0.15, -0.1) is 0 Å². The lowest BCUT2D eigenvalue weighted by Gasteiger charge is -2.12. The monoisotopic (exact) mass is 352 g/mol. The number of hydrogen-bond donors (Lipinski definition) is 2. The molecule has 2 N–H and O–H groups in total. The Balaban J connectivity index is 1.36. The Labute approximate surface area is 140 Å². The minimum Gasteiger partial charge on any atom is -0.335 e. The van der Waals surface area contributed by atoms with Crippen molar-refractivity contribution in [3.63, 3.8) is 0 Å². The molecule has 1 unspecified atom stereocenters. The third-order valence-corrected chi connectivity index (χ3v) is 6.60. The Hall–Kier alpha value is -1.63. The van der Waals surface area contributed by atoms with Crippen LogP contribution in [0.4, 0.5) is 14.9 Å². The average Bonchev–Trinajstić information content (AvgIpc) is 2.88. The lowest BCUT2D eigenvalue weighted by atomic mass is 10.0. The predicted octanol–water partition coefficient (Wildman–Crippen LogP) is 2.54. The van der Waals surface area contributed by atoms with Gasteiger partial charge in [-0.3, -0.25) is 0 Å². The van der Waals surface area contributed by atoms with Crippen molar-refractivity contribution in [2.24, 2.45) is 23.7 Å². The number of rotatable bonds is 4. The highest BCUT2D eigenvalue weighted by Gasteiger charge is 2.65. The topological polar surface area (TPSA) is 75.3 Å². The number of hydrogen-bond acceptors (Lipinski definition) is 3. The van der Waals surface area contributed by atoms with Gasteiger partial charge in [-0.1, -0.05) is 6.07 Å². The minimum absolute atomic E-state index is 0.108. The van der Waals surface area contributed by atoms with Crippen LogP contribution >= 0.6 is 0 Å². The highest BCUT2D eigenvalue weighted by molar-refractivity contribution is 7.89. The van der Waals surface area contributed by atoms with Crippen LogP contribution in [0.15, 0.2) is 18.2 Å². The molecule has 1 aromatic rings. The Morgan fingerprint density at radius 2 is 1.92 bits per heavy atom. The second-order valence-electron chi connectivity index (χ2n) is 7.49. The zero-order chi connectivity index (χ0) is 17.1. The van der Waals surface area contributed by atoms with E-state index in [1.807, 2.05) is 0 Å². The predicted molar refractivity (Wildman–Crippen MR) is 88.7 cm³/mol. The van der Waals surface area contributed by atoms with Gasteiger partial charge in [-0.25, -0.2) is 17.6 Å². The van der Waals surface area contributed by atoms with E-state index in [1.54, 1.807) is 0 Å². The fraction of sp³-hybridized carbons (Fsp3) is 0.588. The summed E-state index contributed by atoms with van der Waals surface area (Å²) < 4.78 is 36.5. The third-order valence-electron chi connectivity index (χ3n) is 5.76. The van der Waals surface area contributed by atoms with E-state index in [9.17, 15) is 17.6 Å². The first-order chi connectivity index (χ1) is 11.3. The fourth-order valence-corrected chi connectivity index (χ4v) is 5.66. The van der Waals surface area contributed by atoms with Gasteiger partial charge in [0.25, 0.3) is 0 Å². The molecular weight excluding hydrogens is 331 g/mol. The first-order valence-corrected chi connectivity index (χ1v) is 10.4. The van der Waals surface area contributed by atoms with E-state index in [0.29, 0.717) is 17.5 Å². The summed E-state index contributed by atoms with van der Waals surface area (Å²) in [5.41, 5.74) is 0.438. The molecule has 2 amide bonds. The summed E-state index contributed by atoms with van der Waals surface area (Å²) in [6.07, 6.45) is 4.96. The van der Waals surface area contributed by atoms with Crippen molar-refractivity contribution in [1.82, 2.24) is 5.32 Å². The highest BCUT2D eigenvalue weighted by atomic mass is 32.2. The number of benzene rings is 1. The quantitative estimate of drug-likeness (QED) is 0.874. The number of carbonyl (C=O) groups is 1. The molecule has 7 heteroatoms. The lowest BCUT2D eigenvalue weighted by Crippen LogP contribution is -2.33. The summed E-state index contributed by atoms with van der Waals surface area (Å²) in [6, 6.07) is 4.05. The van der Waals surface area contributed by atoms with Gasteiger partial charge in [-0.2, -0.15) is 0 Å². The molecule has 0 saturated heterocycles. The van der Waals surface area contributed by atoms with Crippen LogP contribution in [0.2, 0.25) is 0 Å². The van der Waals surface area contributed by atoms with Crippen LogP contribution in [0.1, 0.15) is 24.8 Å². The molecule has 3 aliphatic carbocycles. The number of nitrogens with one attached hydrogen (secondary N) is 2. The van der Waals surface area contributed by atoms with Gasteiger partial charge in [0.1, 0.15) is 5.82 Å². The molecule has 3 saturated carbocycles. The maximum absolute atomic E-state index is 14.0. The number of fused-ring (bicyclic) bond motifs is 5. The zero-order valence-electron chi connectivity index (χ0n) is 13.5. The number of anilines is 1. The third kappa shape index (κ3) is 2.90. The molecule has 3 fully saturated rings. The van der Waals surface area contributed by atoms with Crippen LogP contribution in [-0.4, -0.2) is 26.7 Å². The number of carbonyl (C=O) groups excluding carboxylic acids is 1. The molecule has 4 rings (SSSR count). The molecule has 0 aromatic heterocycles. The van der Waals surface area contributed by atoms with Gasteiger partial charge < -0.3 is 10.6 Å². The molecule has 0 aliphatic heterocycles. The summed E-state index contributed by atoms with van der Waals surface area (Å²) in [5.74, 6) is 1.86. The molecule has 0 radical (unpaired) electrons. The van der Waals surface area contributed by atoms with E-state index >= 15 is 0 Å². The number of halogens is 1. The van der Waals surface area contributed by atoms with Gasteiger partial charge in [-0.05, 0) is 55.1 Å². The smallest absolute Gasteiger partial charge is 0.319 e. The van der Waals surface area contributed by atoms with E-state index in [1.165, 1.54) is 31.4 Å². The number of amides is 2. The highest BCUT2D eigenvalue weighted by Crippen LogP contribution is 2.65. The molecule has 0 spiro atoms. The first kappa shape index (κ1) is 15.9. The van der Waals surface area contributed by atoms with E-state index < -0.39 is 15.7 Å². The fourth-order valence-electron chi connectivity index (χ4n) is 4.86. The van der Waals surface area contributed by atoms with Crippen LogP contribution in [0, 0.1) is 29.5 Å². The number of sulfone groups is 1. The van der Waals surface area contributed by atoms with Gasteiger partial charge in [0.05, 0.1) is 5.75 Å². The molecular formula is C17H21FN2O3S. The van der Waals surface area contributed by atoms with Crippen molar-refractivity contribution in [2.45, 2.75) is 31.1 Å². The lowest BCUT2D eigenvalue weighted by molar-refractivity contribution is 0.249. The van der Waals surface area contributed by atoms with Gasteiger partial charge in [0, 0.05) is 23.5 Å². The van der Waals surface area contributed by atoms with E-state index in [4.69, 9.17) is 0 Å². The summed E-state index contributed by atoms with van der Waals surface area (Å²) in [4.78, 5) is 12.1. The van der Waals surface area contributed by atoms with Crippen LogP contribution in [0.25, 0.3) is 0 Å². The van der Waals surface area contributed by atoms with Gasteiger partial charge in [0.15, 0.2) is 9.84 Å². The Bertz CT molecular complexity index is 779. The van der Waals surface area contributed by atoms with E-state index in [0.717, 1.165) is 24.2 Å². The largest absolute Gasteiger partial charge is 0.335 e. The van der Waals surface area contributed by atoms with E-state index in [2.05, 4.69) is 10.6 Å². The molecule has 0 heterocycles. The SMILES string of the molecule is CS(=O)(=O)Cc1ccc(NC(=O)NC2[C@@H]3[C@H]4CC[C@@H](C4)[C@H]23)cc1F.